The van der Waals surface area contributed by atoms with Crippen LogP contribution in [-0.4, -0.2) is 36.9 Å². The van der Waals surface area contributed by atoms with E-state index < -0.39 is 0 Å². The molecule has 1 aliphatic rings. The molecule has 0 saturated heterocycles. The summed E-state index contributed by atoms with van der Waals surface area (Å²) in [7, 11) is 1.70. The summed E-state index contributed by atoms with van der Waals surface area (Å²) < 4.78 is 13.2. The van der Waals surface area contributed by atoms with Crippen LogP contribution >= 0.6 is 24.0 Å². The van der Waals surface area contributed by atoms with Crippen molar-refractivity contribution < 1.29 is 9.18 Å². The van der Waals surface area contributed by atoms with Crippen LogP contribution in [0.3, 0.4) is 0 Å². The molecule has 0 radical (unpaired) electrons. The fraction of sp³-hybridized carbons (Fsp3) is 0.263. The van der Waals surface area contributed by atoms with Gasteiger partial charge in [-0.25, -0.2) is 4.39 Å². The van der Waals surface area contributed by atoms with Gasteiger partial charge < -0.3 is 15.5 Å². The predicted octanol–water partition coefficient (Wildman–Crippen LogP) is 3.02. The van der Waals surface area contributed by atoms with Crippen LogP contribution in [0.15, 0.2) is 53.5 Å². The Morgan fingerprint density at radius 2 is 1.96 bits per heavy atom. The lowest BCUT2D eigenvalue weighted by Crippen LogP contribution is -2.46. The van der Waals surface area contributed by atoms with Gasteiger partial charge in [-0.05, 0) is 35.7 Å². The van der Waals surface area contributed by atoms with Crippen molar-refractivity contribution in [2.24, 2.45) is 4.99 Å². The monoisotopic (exact) mass is 468 g/mol. The molecule has 0 aromatic heterocycles. The second kappa shape index (κ2) is 9.51. The first-order chi connectivity index (χ1) is 12.2. The van der Waals surface area contributed by atoms with Crippen molar-refractivity contribution in [2.75, 3.05) is 25.5 Å². The number of hydrogen-bond donors (Lipinski definition) is 2. The van der Waals surface area contributed by atoms with Gasteiger partial charge in [0, 0.05) is 25.8 Å². The van der Waals surface area contributed by atoms with Crippen molar-refractivity contribution in [1.29, 1.82) is 0 Å². The predicted molar refractivity (Wildman–Crippen MR) is 112 cm³/mol. The maximum absolute atomic E-state index is 13.2. The number of halogens is 2. The zero-order chi connectivity index (χ0) is 17.6. The molecular formula is C19H22FIN4O. The van der Waals surface area contributed by atoms with Crippen LogP contribution in [0.2, 0.25) is 0 Å². The van der Waals surface area contributed by atoms with Crippen molar-refractivity contribution in [3.63, 3.8) is 0 Å². The maximum Gasteiger partial charge on any atom is 0.243 e. The Morgan fingerprint density at radius 1 is 1.19 bits per heavy atom. The molecule has 7 heteroatoms. The van der Waals surface area contributed by atoms with Gasteiger partial charge in [0.2, 0.25) is 5.91 Å². The number of anilines is 1. The lowest BCUT2D eigenvalue weighted by molar-refractivity contribution is -0.115. The number of guanidine groups is 1. The molecule has 5 nitrogen and oxygen atoms in total. The summed E-state index contributed by atoms with van der Waals surface area (Å²) in [4.78, 5) is 18.4. The fourth-order valence-electron chi connectivity index (χ4n) is 2.94. The van der Waals surface area contributed by atoms with E-state index >= 15 is 0 Å². The summed E-state index contributed by atoms with van der Waals surface area (Å²) in [5, 5.41) is 5.74. The van der Waals surface area contributed by atoms with E-state index in [1.807, 2.05) is 6.07 Å². The molecule has 0 spiro atoms. The van der Waals surface area contributed by atoms with E-state index in [1.165, 1.54) is 23.3 Å². The van der Waals surface area contributed by atoms with Crippen molar-refractivity contribution >= 4 is 41.5 Å². The van der Waals surface area contributed by atoms with Crippen LogP contribution in [0.4, 0.5) is 10.1 Å². The number of fused-ring (bicyclic) bond motifs is 1. The third-order valence-electron chi connectivity index (χ3n) is 4.16. The minimum absolute atomic E-state index is 0. The van der Waals surface area contributed by atoms with Gasteiger partial charge in [0.15, 0.2) is 5.96 Å². The summed E-state index contributed by atoms with van der Waals surface area (Å²) in [5.41, 5.74) is 3.08. The Bertz CT molecular complexity index is 797. The molecule has 0 atom stereocenters. The van der Waals surface area contributed by atoms with Gasteiger partial charge in [-0.1, -0.05) is 30.3 Å². The van der Waals surface area contributed by atoms with Crippen molar-refractivity contribution in [3.8, 4) is 0 Å². The second-order valence-corrected chi connectivity index (χ2v) is 5.90. The number of rotatable bonds is 3. The van der Waals surface area contributed by atoms with Crippen LogP contribution in [0.25, 0.3) is 0 Å². The highest BCUT2D eigenvalue weighted by molar-refractivity contribution is 14.0. The minimum atomic E-state index is -0.381. The summed E-state index contributed by atoms with van der Waals surface area (Å²) in [6, 6.07) is 14.2. The number of hydrogen-bond acceptors (Lipinski definition) is 2. The first-order valence-electron chi connectivity index (χ1n) is 8.23. The van der Waals surface area contributed by atoms with Crippen LogP contribution < -0.4 is 10.6 Å². The van der Waals surface area contributed by atoms with Gasteiger partial charge in [0.05, 0.1) is 6.54 Å². The zero-order valence-electron chi connectivity index (χ0n) is 14.5. The Balaban J connectivity index is 0.00000243. The van der Waals surface area contributed by atoms with Gasteiger partial charge in [-0.15, -0.1) is 24.0 Å². The van der Waals surface area contributed by atoms with E-state index in [0.717, 1.165) is 19.5 Å². The van der Waals surface area contributed by atoms with Gasteiger partial charge >= 0.3 is 0 Å². The topological polar surface area (TPSA) is 56.7 Å². The molecule has 0 bridgehead atoms. The largest absolute Gasteiger partial charge is 0.347 e. The number of carbonyl (C=O) groups excluding carboxylic acids is 1. The Hall–Kier alpha value is -2.16. The summed E-state index contributed by atoms with van der Waals surface area (Å²) in [6.45, 7) is 1.69. The standard InChI is InChI=1S/C19H21FN4O.HI/c1-21-19(24-10-9-14-5-2-3-6-15(14)13-24)22-12-18(25)23-17-8-4-7-16(20)11-17;/h2-8,11H,9-10,12-13H2,1H3,(H,21,22)(H,23,25);1H. The van der Waals surface area contributed by atoms with Crippen molar-refractivity contribution in [1.82, 2.24) is 10.2 Å². The average molecular weight is 468 g/mol. The highest BCUT2D eigenvalue weighted by atomic mass is 127. The number of benzene rings is 2. The minimum Gasteiger partial charge on any atom is -0.347 e. The molecule has 1 heterocycles. The number of nitrogens with one attached hydrogen (secondary N) is 2. The van der Waals surface area contributed by atoms with Crippen LogP contribution in [0.5, 0.6) is 0 Å². The molecule has 0 unspecified atom stereocenters. The highest BCUT2D eigenvalue weighted by Gasteiger charge is 2.19. The van der Waals surface area contributed by atoms with E-state index in [4.69, 9.17) is 0 Å². The SMILES string of the molecule is CN=C(NCC(=O)Nc1cccc(F)c1)N1CCc2ccccc2C1.I. The van der Waals surface area contributed by atoms with Gasteiger partial charge in [-0.3, -0.25) is 9.79 Å². The van der Waals surface area contributed by atoms with Gasteiger partial charge in [-0.2, -0.15) is 0 Å². The smallest absolute Gasteiger partial charge is 0.243 e. The third kappa shape index (κ3) is 5.17. The molecule has 1 aliphatic heterocycles. The van der Waals surface area contributed by atoms with Crippen molar-refractivity contribution in [3.05, 3.63) is 65.5 Å². The molecule has 1 amide bonds. The molecule has 3 rings (SSSR count). The molecule has 0 fully saturated rings. The quantitative estimate of drug-likeness (QED) is 0.414. The van der Waals surface area contributed by atoms with E-state index in [2.05, 4.69) is 38.7 Å². The molecule has 2 aromatic rings. The fourth-order valence-corrected chi connectivity index (χ4v) is 2.94. The average Bonchev–Trinajstić information content (AvgIpc) is 2.62. The van der Waals surface area contributed by atoms with Crippen molar-refractivity contribution in [2.45, 2.75) is 13.0 Å². The molecule has 0 saturated carbocycles. The molecule has 26 heavy (non-hydrogen) atoms. The molecule has 0 aliphatic carbocycles. The van der Waals surface area contributed by atoms with E-state index in [0.29, 0.717) is 11.6 Å². The lowest BCUT2D eigenvalue weighted by Gasteiger charge is -2.31. The molecule has 2 N–H and O–H groups in total. The molecule has 138 valence electrons. The zero-order valence-corrected chi connectivity index (χ0v) is 16.9. The van der Waals surface area contributed by atoms with Crippen LogP contribution in [-0.2, 0) is 17.8 Å². The van der Waals surface area contributed by atoms with Crippen LogP contribution in [0.1, 0.15) is 11.1 Å². The Kier molecular flexibility index (Phi) is 7.38. The van der Waals surface area contributed by atoms with Gasteiger partial charge in [0.25, 0.3) is 0 Å². The lowest BCUT2D eigenvalue weighted by atomic mass is 10.0. The number of carbonyl (C=O) groups is 1. The number of amides is 1. The second-order valence-electron chi connectivity index (χ2n) is 5.90. The maximum atomic E-state index is 13.2. The summed E-state index contributed by atoms with van der Waals surface area (Å²) in [5.74, 6) is 0.0570. The number of nitrogens with zero attached hydrogens (tertiary/aromatic N) is 2. The number of aliphatic imine (C=N–C) groups is 1. The Labute approximate surface area is 169 Å². The Morgan fingerprint density at radius 3 is 2.69 bits per heavy atom. The van der Waals surface area contributed by atoms with Gasteiger partial charge in [0.1, 0.15) is 5.82 Å². The summed E-state index contributed by atoms with van der Waals surface area (Å²) in [6.07, 6.45) is 0.951. The van der Waals surface area contributed by atoms with Crippen LogP contribution in [0, 0.1) is 5.82 Å². The van der Waals surface area contributed by atoms with E-state index in [-0.39, 0.29) is 42.2 Å². The van der Waals surface area contributed by atoms with E-state index in [9.17, 15) is 9.18 Å². The van der Waals surface area contributed by atoms with E-state index in [1.54, 1.807) is 19.2 Å². The molecular weight excluding hydrogens is 446 g/mol. The normalized spacial score (nSPS) is 13.5. The molecule has 2 aromatic carbocycles. The first kappa shape index (κ1) is 20.2. The first-order valence-corrected chi connectivity index (χ1v) is 8.23. The third-order valence-corrected chi connectivity index (χ3v) is 4.16. The summed E-state index contributed by atoms with van der Waals surface area (Å²) >= 11 is 0. The highest BCUT2D eigenvalue weighted by Crippen LogP contribution is 2.18.